The number of benzene rings is 2. The number of nitrogens with one attached hydrogen (secondary N) is 1. The van der Waals surface area contributed by atoms with Gasteiger partial charge in [0.15, 0.2) is 0 Å². The average molecular weight is 369 g/mol. The number of anilines is 1. The predicted octanol–water partition coefficient (Wildman–Crippen LogP) is 2.96. The highest BCUT2D eigenvalue weighted by atomic mass is 32.2. The number of aromatic nitrogens is 2. The first kappa shape index (κ1) is 17.9. The van der Waals surface area contributed by atoms with Gasteiger partial charge >= 0.3 is 0 Å². The zero-order valence-corrected chi connectivity index (χ0v) is 15.3. The molecule has 0 aliphatic heterocycles. The Balaban J connectivity index is 2.11. The first-order valence-electron chi connectivity index (χ1n) is 8.18. The van der Waals surface area contributed by atoms with Crippen LogP contribution < -0.4 is 9.86 Å². The summed E-state index contributed by atoms with van der Waals surface area (Å²) in [6.07, 6.45) is 0. The number of para-hydroxylation sites is 1. The van der Waals surface area contributed by atoms with Crippen LogP contribution in [0.25, 0.3) is 11.3 Å². The van der Waals surface area contributed by atoms with Crippen LogP contribution in [0, 0.1) is 6.92 Å². The van der Waals surface area contributed by atoms with E-state index in [1.165, 1.54) is 10.4 Å². The van der Waals surface area contributed by atoms with Crippen molar-refractivity contribution in [2.24, 2.45) is 0 Å². The summed E-state index contributed by atoms with van der Waals surface area (Å²) < 4.78 is 27.9. The summed E-state index contributed by atoms with van der Waals surface area (Å²) >= 11 is 0. The Morgan fingerprint density at radius 3 is 2.38 bits per heavy atom. The molecule has 0 amide bonds. The molecule has 26 heavy (non-hydrogen) atoms. The second-order valence-corrected chi connectivity index (χ2v) is 7.62. The maximum absolute atomic E-state index is 13.3. The quantitative estimate of drug-likeness (QED) is 0.749. The van der Waals surface area contributed by atoms with Gasteiger partial charge in [0.2, 0.25) is 0 Å². The molecule has 0 fully saturated rings. The monoisotopic (exact) mass is 369 g/mol. The van der Waals surface area contributed by atoms with Gasteiger partial charge in [-0.2, -0.15) is 5.10 Å². The summed E-state index contributed by atoms with van der Waals surface area (Å²) in [5, 5.41) is 6.34. The third-order valence-electron chi connectivity index (χ3n) is 4.06. The Hall–Kier alpha value is -2.93. The normalized spacial score (nSPS) is 11.3. The van der Waals surface area contributed by atoms with Crippen LogP contribution in [0.3, 0.4) is 0 Å². The second-order valence-electron chi connectivity index (χ2n) is 5.79. The minimum Gasteiger partial charge on any atom is -0.268 e. The first-order valence-corrected chi connectivity index (χ1v) is 9.62. The molecule has 0 bridgehead atoms. The van der Waals surface area contributed by atoms with Crippen LogP contribution in [0.1, 0.15) is 12.5 Å². The maximum atomic E-state index is 13.3. The molecule has 0 saturated carbocycles. The van der Waals surface area contributed by atoms with Crippen molar-refractivity contribution in [2.45, 2.75) is 18.7 Å². The topological polar surface area (TPSA) is 83.1 Å². The zero-order chi connectivity index (χ0) is 18.7. The lowest BCUT2D eigenvalue weighted by atomic mass is 10.1. The Bertz CT molecular complexity index is 1060. The lowest BCUT2D eigenvalue weighted by Crippen LogP contribution is -2.31. The van der Waals surface area contributed by atoms with Gasteiger partial charge in [-0.3, -0.25) is 9.10 Å². The summed E-state index contributed by atoms with van der Waals surface area (Å²) in [4.78, 5) is 11.4. The van der Waals surface area contributed by atoms with Crippen molar-refractivity contribution >= 4 is 15.7 Å². The standard InChI is InChI=1S/C19H19N3O3S/c1-3-22(16-7-5-4-6-8-16)26(24,25)18-13-15(10-9-14(18)2)17-11-12-19(23)21-20-17/h4-13H,3H2,1-2H3,(H,21,23). The number of aromatic amines is 1. The molecule has 0 atom stereocenters. The van der Waals surface area contributed by atoms with E-state index >= 15 is 0 Å². The highest BCUT2D eigenvalue weighted by Crippen LogP contribution is 2.28. The van der Waals surface area contributed by atoms with Crippen LogP contribution in [0.5, 0.6) is 0 Å². The molecule has 3 rings (SSSR count). The summed E-state index contributed by atoms with van der Waals surface area (Å²) in [5.41, 5.74) is 2.07. The molecule has 134 valence electrons. The van der Waals surface area contributed by atoms with Gasteiger partial charge < -0.3 is 0 Å². The van der Waals surface area contributed by atoms with Crippen molar-refractivity contribution < 1.29 is 8.42 Å². The van der Waals surface area contributed by atoms with Gasteiger partial charge in [-0.25, -0.2) is 13.5 Å². The summed E-state index contributed by atoms with van der Waals surface area (Å²) in [6, 6.07) is 17.0. The van der Waals surface area contributed by atoms with Crippen LogP contribution in [0.15, 0.2) is 70.4 Å². The van der Waals surface area contributed by atoms with Crippen molar-refractivity contribution in [1.82, 2.24) is 10.2 Å². The molecule has 0 aliphatic carbocycles. The van der Waals surface area contributed by atoms with Crippen LogP contribution in [-0.4, -0.2) is 25.2 Å². The Labute approximate surface area is 152 Å². The first-order chi connectivity index (χ1) is 12.4. The van der Waals surface area contributed by atoms with Gasteiger partial charge in [0.05, 0.1) is 16.3 Å². The van der Waals surface area contributed by atoms with Gasteiger partial charge in [0.1, 0.15) is 0 Å². The number of hydrogen-bond acceptors (Lipinski definition) is 4. The van der Waals surface area contributed by atoms with E-state index < -0.39 is 10.0 Å². The van der Waals surface area contributed by atoms with Crippen molar-refractivity contribution in [1.29, 1.82) is 0 Å². The van der Waals surface area contributed by atoms with Crippen molar-refractivity contribution in [2.75, 3.05) is 10.8 Å². The smallest absolute Gasteiger partial charge is 0.264 e. The van der Waals surface area contributed by atoms with E-state index in [4.69, 9.17) is 0 Å². The van der Waals surface area contributed by atoms with Crippen molar-refractivity contribution in [3.05, 3.63) is 76.6 Å². The molecule has 2 aromatic carbocycles. The lowest BCUT2D eigenvalue weighted by Gasteiger charge is -2.24. The SMILES string of the molecule is CCN(c1ccccc1)S(=O)(=O)c1cc(-c2ccc(=O)[nH]n2)ccc1C. The molecule has 1 heterocycles. The minimum absolute atomic E-state index is 0.216. The van der Waals surface area contributed by atoms with E-state index in [-0.39, 0.29) is 10.5 Å². The Kier molecular flexibility index (Phi) is 4.90. The predicted molar refractivity (Wildman–Crippen MR) is 102 cm³/mol. The minimum atomic E-state index is -3.74. The largest absolute Gasteiger partial charge is 0.268 e. The fourth-order valence-electron chi connectivity index (χ4n) is 2.75. The molecule has 6 nitrogen and oxygen atoms in total. The Morgan fingerprint density at radius 1 is 1.04 bits per heavy atom. The molecule has 0 radical (unpaired) electrons. The summed E-state index contributed by atoms with van der Waals surface area (Å²) in [5.74, 6) is 0. The van der Waals surface area contributed by atoms with E-state index in [1.54, 1.807) is 62.4 Å². The van der Waals surface area contributed by atoms with E-state index in [0.717, 1.165) is 0 Å². The van der Waals surface area contributed by atoms with Crippen LogP contribution in [0.4, 0.5) is 5.69 Å². The second kappa shape index (κ2) is 7.13. The number of aryl methyl sites for hydroxylation is 1. The van der Waals surface area contributed by atoms with E-state index in [0.29, 0.717) is 29.1 Å². The van der Waals surface area contributed by atoms with E-state index in [9.17, 15) is 13.2 Å². The average Bonchev–Trinajstić information content (AvgIpc) is 2.64. The van der Waals surface area contributed by atoms with Gasteiger partial charge in [0, 0.05) is 18.2 Å². The maximum Gasteiger partial charge on any atom is 0.264 e. The number of hydrogen-bond donors (Lipinski definition) is 1. The molecule has 0 unspecified atom stereocenters. The van der Waals surface area contributed by atoms with Crippen LogP contribution >= 0.6 is 0 Å². The summed E-state index contributed by atoms with van der Waals surface area (Å²) in [6.45, 7) is 3.87. The fraction of sp³-hybridized carbons (Fsp3) is 0.158. The number of H-pyrrole nitrogens is 1. The lowest BCUT2D eigenvalue weighted by molar-refractivity contribution is 0.591. The third-order valence-corrected chi connectivity index (χ3v) is 6.11. The Morgan fingerprint density at radius 2 is 1.77 bits per heavy atom. The van der Waals surface area contributed by atoms with Gasteiger partial charge in [0.25, 0.3) is 15.6 Å². The highest BCUT2D eigenvalue weighted by molar-refractivity contribution is 7.92. The molecule has 1 N–H and O–H groups in total. The highest BCUT2D eigenvalue weighted by Gasteiger charge is 2.25. The zero-order valence-electron chi connectivity index (χ0n) is 14.5. The molecule has 1 aromatic heterocycles. The van der Waals surface area contributed by atoms with E-state index in [1.807, 2.05) is 6.07 Å². The molecule has 0 spiro atoms. The third kappa shape index (κ3) is 3.39. The molecule has 3 aromatic rings. The molecule has 7 heteroatoms. The fourth-order valence-corrected chi connectivity index (χ4v) is 4.47. The molecule has 0 aliphatic rings. The van der Waals surface area contributed by atoms with Crippen LogP contribution in [0.2, 0.25) is 0 Å². The number of nitrogens with zero attached hydrogens (tertiary/aromatic N) is 2. The van der Waals surface area contributed by atoms with Gasteiger partial charge in [-0.05, 0) is 43.7 Å². The number of sulfonamides is 1. The van der Waals surface area contributed by atoms with E-state index in [2.05, 4.69) is 10.2 Å². The molecular formula is C19H19N3O3S. The molecular weight excluding hydrogens is 350 g/mol. The summed E-state index contributed by atoms with van der Waals surface area (Å²) in [7, 11) is -3.74. The van der Waals surface area contributed by atoms with Gasteiger partial charge in [-0.15, -0.1) is 0 Å². The van der Waals surface area contributed by atoms with Crippen molar-refractivity contribution in [3.63, 3.8) is 0 Å². The number of rotatable bonds is 5. The van der Waals surface area contributed by atoms with Gasteiger partial charge in [-0.1, -0.05) is 30.3 Å². The van der Waals surface area contributed by atoms with Crippen LogP contribution in [-0.2, 0) is 10.0 Å². The molecule has 0 saturated heterocycles. The van der Waals surface area contributed by atoms with Crippen molar-refractivity contribution in [3.8, 4) is 11.3 Å².